The van der Waals surface area contributed by atoms with Gasteiger partial charge in [-0.2, -0.15) is 4.91 Å². The number of nitrogen functional groups attached to an aromatic ring is 1. The molecule has 1 rings (SSSR count). The van der Waals surface area contributed by atoms with Crippen LogP contribution in [-0.2, 0) is 0 Å². The first-order valence-corrected chi connectivity index (χ1v) is 4.63. The fraction of sp³-hybridized carbons (Fsp3) is 0.455. The smallest absolute Gasteiger partial charge is 0.122 e. The third-order valence-corrected chi connectivity index (χ3v) is 2.18. The molecule has 0 spiro atoms. The fourth-order valence-electron chi connectivity index (χ4n) is 1.40. The largest absolute Gasteiger partial charge is 0.399 e. The van der Waals surface area contributed by atoms with Crippen LogP contribution in [0.4, 0.5) is 5.69 Å². The lowest BCUT2D eigenvalue weighted by Crippen LogP contribution is -2.16. The van der Waals surface area contributed by atoms with Crippen molar-refractivity contribution in [2.75, 3.05) is 5.73 Å². The zero-order valence-electron chi connectivity index (χ0n) is 8.82. The van der Waals surface area contributed by atoms with Crippen LogP contribution in [0.15, 0.2) is 29.4 Å². The molecule has 0 amide bonds. The second kappa shape index (κ2) is 3.78. The van der Waals surface area contributed by atoms with Crippen molar-refractivity contribution < 1.29 is 0 Å². The van der Waals surface area contributed by atoms with Crippen LogP contribution in [0, 0.1) is 10.3 Å². The van der Waals surface area contributed by atoms with Gasteiger partial charge in [-0.1, -0.05) is 38.1 Å². The third kappa shape index (κ3) is 2.31. The van der Waals surface area contributed by atoms with Crippen molar-refractivity contribution in [2.45, 2.75) is 26.8 Å². The molecule has 1 atom stereocenters. The van der Waals surface area contributed by atoms with Crippen molar-refractivity contribution in [3.63, 3.8) is 0 Å². The van der Waals surface area contributed by atoms with Crippen molar-refractivity contribution in [3.05, 3.63) is 34.7 Å². The Kier molecular flexibility index (Phi) is 2.89. The molecule has 14 heavy (non-hydrogen) atoms. The fourth-order valence-corrected chi connectivity index (χ4v) is 1.40. The molecule has 0 aliphatic rings. The summed E-state index contributed by atoms with van der Waals surface area (Å²) >= 11 is 0. The lowest BCUT2D eigenvalue weighted by molar-refractivity contribution is 0.327. The first kappa shape index (κ1) is 10.7. The minimum absolute atomic E-state index is 0.155. The topological polar surface area (TPSA) is 55.5 Å². The highest BCUT2D eigenvalue weighted by Crippen LogP contribution is 2.35. The molecule has 0 saturated heterocycles. The molecular formula is C11H16N2O. The molecule has 76 valence electrons. The van der Waals surface area contributed by atoms with Gasteiger partial charge in [-0.05, 0) is 23.1 Å². The van der Waals surface area contributed by atoms with Gasteiger partial charge in [0.15, 0.2) is 0 Å². The molecule has 1 unspecified atom stereocenters. The van der Waals surface area contributed by atoms with Gasteiger partial charge < -0.3 is 5.73 Å². The van der Waals surface area contributed by atoms with Crippen molar-refractivity contribution >= 4 is 5.69 Å². The zero-order chi connectivity index (χ0) is 10.8. The highest BCUT2D eigenvalue weighted by molar-refractivity contribution is 5.40. The Morgan fingerprint density at radius 3 is 2.07 bits per heavy atom. The Hall–Kier alpha value is -1.38. The Labute approximate surface area is 84.3 Å². The number of nitroso groups, excluding NO2 is 1. The van der Waals surface area contributed by atoms with E-state index < -0.39 is 0 Å². The lowest BCUT2D eigenvalue weighted by Gasteiger charge is -2.24. The maximum atomic E-state index is 10.8. The van der Waals surface area contributed by atoms with Gasteiger partial charge in [-0.25, -0.2) is 0 Å². The first-order chi connectivity index (χ1) is 6.45. The van der Waals surface area contributed by atoms with E-state index in [0.29, 0.717) is 5.69 Å². The summed E-state index contributed by atoms with van der Waals surface area (Å²) in [4.78, 5) is 10.8. The third-order valence-electron chi connectivity index (χ3n) is 2.18. The Morgan fingerprint density at radius 2 is 1.71 bits per heavy atom. The van der Waals surface area contributed by atoms with Gasteiger partial charge in [0.05, 0.1) is 0 Å². The molecule has 0 radical (unpaired) electrons. The predicted octanol–water partition coefficient (Wildman–Crippen LogP) is 3.12. The Balaban J connectivity index is 3.02. The van der Waals surface area contributed by atoms with E-state index in [2.05, 4.69) is 5.18 Å². The van der Waals surface area contributed by atoms with E-state index in [1.807, 2.05) is 32.9 Å². The van der Waals surface area contributed by atoms with Gasteiger partial charge in [0.2, 0.25) is 0 Å². The molecule has 0 bridgehead atoms. The number of rotatable bonds is 2. The van der Waals surface area contributed by atoms with Gasteiger partial charge >= 0.3 is 0 Å². The number of nitrogens with two attached hydrogens (primary N) is 1. The molecule has 2 N–H and O–H groups in total. The van der Waals surface area contributed by atoms with Crippen LogP contribution in [0.1, 0.15) is 32.4 Å². The molecule has 1 aromatic carbocycles. The van der Waals surface area contributed by atoms with Crippen LogP contribution in [0.5, 0.6) is 0 Å². The average molecular weight is 192 g/mol. The monoisotopic (exact) mass is 192 g/mol. The second-order valence-corrected chi connectivity index (χ2v) is 4.54. The van der Waals surface area contributed by atoms with Gasteiger partial charge in [0.1, 0.15) is 6.04 Å². The number of anilines is 1. The van der Waals surface area contributed by atoms with Crippen molar-refractivity contribution in [1.29, 1.82) is 0 Å². The minimum atomic E-state index is -0.317. The van der Waals surface area contributed by atoms with Crippen LogP contribution in [0.2, 0.25) is 0 Å². The minimum Gasteiger partial charge on any atom is -0.399 e. The predicted molar refractivity (Wildman–Crippen MR) is 58.8 cm³/mol. The van der Waals surface area contributed by atoms with E-state index in [9.17, 15) is 4.91 Å². The number of nitrogens with zero attached hydrogens (tertiary/aromatic N) is 1. The second-order valence-electron chi connectivity index (χ2n) is 4.54. The maximum absolute atomic E-state index is 10.8. The van der Waals surface area contributed by atoms with E-state index in [1.54, 1.807) is 12.1 Å². The van der Waals surface area contributed by atoms with Crippen molar-refractivity contribution in [1.82, 2.24) is 0 Å². The summed E-state index contributed by atoms with van der Waals surface area (Å²) < 4.78 is 0. The van der Waals surface area contributed by atoms with Gasteiger partial charge in [-0.3, -0.25) is 0 Å². The summed E-state index contributed by atoms with van der Waals surface area (Å²) in [5, 5.41) is 3.17. The molecule has 0 aliphatic heterocycles. The molecule has 0 saturated carbocycles. The van der Waals surface area contributed by atoms with Crippen molar-refractivity contribution in [2.24, 2.45) is 10.6 Å². The van der Waals surface area contributed by atoms with E-state index in [-0.39, 0.29) is 11.5 Å². The van der Waals surface area contributed by atoms with Crippen LogP contribution >= 0.6 is 0 Å². The summed E-state index contributed by atoms with van der Waals surface area (Å²) in [6.45, 7) is 5.99. The highest BCUT2D eigenvalue weighted by atomic mass is 16.3. The van der Waals surface area contributed by atoms with E-state index in [1.165, 1.54) is 0 Å². The van der Waals surface area contributed by atoms with Gasteiger partial charge in [0, 0.05) is 5.69 Å². The molecule has 0 fully saturated rings. The van der Waals surface area contributed by atoms with E-state index in [0.717, 1.165) is 5.56 Å². The number of hydrogen-bond donors (Lipinski definition) is 1. The molecular weight excluding hydrogens is 176 g/mol. The standard InChI is InChI=1S/C11H16N2O/c1-11(2,3)10(13-14)8-4-6-9(12)7-5-8/h4-7,10H,12H2,1-3H3. The van der Waals surface area contributed by atoms with Crippen LogP contribution in [0.25, 0.3) is 0 Å². The summed E-state index contributed by atoms with van der Waals surface area (Å²) in [5.41, 5.74) is 7.03. The quantitative estimate of drug-likeness (QED) is 0.578. The molecule has 3 heteroatoms. The molecule has 0 heterocycles. The number of benzene rings is 1. The molecule has 0 aliphatic carbocycles. The van der Waals surface area contributed by atoms with Crippen LogP contribution in [0.3, 0.4) is 0 Å². The summed E-state index contributed by atoms with van der Waals surface area (Å²) in [6.07, 6.45) is 0. The first-order valence-electron chi connectivity index (χ1n) is 4.63. The number of hydrogen-bond acceptors (Lipinski definition) is 3. The normalized spacial score (nSPS) is 13.6. The maximum Gasteiger partial charge on any atom is 0.122 e. The van der Waals surface area contributed by atoms with Crippen LogP contribution < -0.4 is 5.73 Å². The SMILES string of the molecule is CC(C)(C)C(N=O)c1ccc(N)cc1. The summed E-state index contributed by atoms with van der Waals surface area (Å²) in [7, 11) is 0. The Morgan fingerprint density at radius 1 is 1.21 bits per heavy atom. The Bertz CT molecular complexity index is 311. The molecule has 1 aromatic rings. The average Bonchev–Trinajstić information content (AvgIpc) is 2.07. The van der Waals surface area contributed by atoms with Crippen molar-refractivity contribution in [3.8, 4) is 0 Å². The summed E-state index contributed by atoms with van der Waals surface area (Å²) in [5.74, 6) is 0. The van der Waals surface area contributed by atoms with Gasteiger partial charge in [-0.15, -0.1) is 0 Å². The lowest BCUT2D eigenvalue weighted by atomic mass is 9.83. The highest BCUT2D eigenvalue weighted by Gasteiger charge is 2.26. The summed E-state index contributed by atoms with van der Waals surface area (Å²) in [6, 6.07) is 6.97. The van der Waals surface area contributed by atoms with E-state index in [4.69, 9.17) is 5.73 Å². The van der Waals surface area contributed by atoms with Gasteiger partial charge in [0.25, 0.3) is 0 Å². The molecule has 0 aromatic heterocycles. The zero-order valence-corrected chi connectivity index (χ0v) is 8.82. The molecule has 3 nitrogen and oxygen atoms in total. The van der Waals surface area contributed by atoms with Crippen LogP contribution in [-0.4, -0.2) is 0 Å². The van der Waals surface area contributed by atoms with E-state index >= 15 is 0 Å².